The molecule has 7 aromatic rings. The van der Waals surface area contributed by atoms with Crippen LogP contribution in [0, 0.1) is 19.8 Å². The molecule has 2 aromatic carbocycles. The lowest BCUT2D eigenvalue weighted by Gasteiger charge is -2.20. The molecule has 7 heteroatoms. The fourth-order valence-electron chi connectivity index (χ4n) is 8.87. The van der Waals surface area contributed by atoms with Crippen molar-refractivity contribution in [3.05, 3.63) is 70.4 Å². The summed E-state index contributed by atoms with van der Waals surface area (Å²) in [7, 11) is 0. The second-order valence-electron chi connectivity index (χ2n) is 16.7. The lowest BCUT2D eigenvalue weighted by atomic mass is 9.93. The zero-order valence-electron chi connectivity index (χ0n) is 35.2. The molecule has 0 radical (unpaired) electrons. The largest absolute Gasteiger partial charge is 0.339 e. The van der Waals surface area contributed by atoms with Crippen LogP contribution in [0.4, 0.5) is 0 Å². The molecule has 1 unspecified atom stereocenters. The van der Waals surface area contributed by atoms with E-state index in [-0.39, 0.29) is 0 Å². The van der Waals surface area contributed by atoms with Crippen molar-refractivity contribution < 1.29 is 0 Å². The molecule has 0 saturated heterocycles. The van der Waals surface area contributed by atoms with Gasteiger partial charge in [0.2, 0.25) is 0 Å². The third-order valence-electron chi connectivity index (χ3n) is 12.1. The van der Waals surface area contributed by atoms with Gasteiger partial charge in [0.05, 0.1) is 27.5 Å². The zero-order chi connectivity index (χ0) is 39.4. The summed E-state index contributed by atoms with van der Waals surface area (Å²) in [6, 6.07) is 23.3. The zero-order valence-corrected chi connectivity index (χ0v) is 38.4. The molecule has 57 heavy (non-hydrogen) atoms. The smallest absolute Gasteiger partial charge is 0.114 e. The van der Waals surface area contributed by atoms with E-state index in [4.69, 9.17) is 8.75 Å². The van der Waals surface area contributed by atoms with Crippen LogP contribution in [0.25, 0.3) is 63.5 Å². The average Bonchev–Trinajstić information content (AvgIpc) is 4.07. The highest BCUT2D eigenvalue weighted by Crippen LogP contribution is 2.43. The summed E-state index contributed by atoms with van der Waals surface area (Å²) in [6.45, 7) is 10.2. The Morgan fingerprint density at radius 3 is 1.63 bits per heavy atom. The van der Waals surface area contributed by atoms with E-state index in [1.807, 2.05) is 34.0 Å². The van der Waals surface area contributed by atoms with Crippen molar-refractivity contribution in [1.29, 1.82) is 0 Å². The average molecular weight is 836 g/mol. The maximum atomic E-state index is 4.81. The molecule has 3 nitrogen and oxygen atoms in total. The first-order chi connectivity index (χ1) is 28.0. The predicted molar refractivity (Wildman–Crippen MR) is 257 cm³/mol. The number of hydrogen-bond acceptors (Lipinski definition) is 6. The third kappa shape index (κ3) is 10.9. The fourth-order valence-corrected chi connectivity index (χ4v) is 12.4. The lowest BCUT2D eigenvalue weighted by molar-refractivity contribution is 0.364. The molecule has 0 fully saturated rings. The van der Waals surface area contributed by atoms with Crippen LogP contribution in [-0.2, 0) is 6.54 Å². The minimum absolute atomic E-state index is 0.727. The molecular weight excluding hydrogens is 771 g/mol. The fraction of sp³-hybridized carbons (Fsp3) is 0.520. The van der Waals surface area contributed by atoms with E-state index < -0.39 is 0 Å². The number of thiophene rings is 3. The van der Waals surface area contributed by atoms with Gasteiger partial charge in [0, 0.05) is 47.4 Å². The second-order valence-corrected chi connectivity index (χ2v) is 20.9. The van der Waals surface area contributed by atoms with E-state index in [1.54, 1.807) is 0 Å². The molecule has 0 spiro atoms. The van der Waals surface area contributed by atoms with E-state index in [2.05, 4.69) is 92.9 Å². The van der Waals surface area contributed by atoms with Crippen molar-refractivity contribution in [1.82, 2.24) is 13.3 Å². The molecule has 0 aliphatic carbocycles. The van der Waals surface area contributed by atoms with Crippen LogP contribution in [0.15, 0.2) is 60.7 Å². The van der Waals surface area contributed by atoms with Gasteiger partial charge in [-0.1, -0.05) is 154 Å². The van der Waals surface area contributed by atoms with Gasteiger partial charge >= 0.3 is 0 Å². The van der Waals surface area contributed by atoms with Crippen LogP contribution in [0.3, 0.4) is 0 Å². The topological polar surface area (TPSA) is 30.7 Å². The van der Waals surface area contributed by atoms with Gasteiger partial charge in [-0.25, -0.2) is 0 Å². The predicted octanol–water partition coefficient (Wildman–Crippen LogP) is 18.1. The number of hydrogen-bond donors (Lipinski definition) is 0. The maximum Gasteiger partial charge on any atom is 0.114 e. The van der Waals surface area contributed by atoms with Crippen molar-refractivity contribution in [2.75, 3.05) is 0 Å². The Morgan fingerprint density at radius 1 is 0.509 bits per heavy atom. The Morgan fingerprint density at radius 2 is 1.05 bits per heavy atom. The maximum absolute atomic E-state index is 4.81. The molecule has 0 aliphatic heterocycles. The standard InChI is InChI=1S/C50H65N3S4/c1-5-7-9-11-13-15-16-18-20-22-24-38(23-21-19-17-14-12-10-8-6-2)35-53-43-34-39(26-27-40(43)50-44(53)33-37(4)55-50)45-31-32-47(56-45)42-29-28-41(46-30-25-36(3)54-46)48-49(42)52-57-51-48/h25-34,38H,5-24,35H2,1-4H3. The summed E-state index contributed by atoms with van der Waals surface area (Å²) in [4.78, 5) is 6.57. The number of unbranched alkanes of at least 4 members (excludes halogenated alkanes) is 16. The van der Waals surface area contributed by atoms with Gasteiger partial charge in [0.25, 0.3) is 0 Å². The number of aryl methyl sites for hydroxylation is 2. The number of aromatic nitrogens is 3. The highest BCUT2D eigenvalue weighted by molar-refractivity contribution is 7.20. The van der Waals surface area contributed by atoms with Gasteiger partial charge in [-0.15, -0.1) is 34.0 Å². The number of nitrogens with zero attached hydrogens (tertiary/aromatic N) is 3. The number of fused-ring (bicyclic) bond motifs is 4. The summed E-state index contributed by atoms with van der Waals surface area (Å²) in [5.41, 5.74) is 8.57. The van der Waals surface area contributed by atoms with E-state index >= 15 is 0 Å². The molecule has 0 aliphatic rings. The van der Waals surface area contributed by atoms with Gasteiger partial charge in [0.1, 0.15) is 11.0 Å². The van der Waals surface area contributed by atoms with Crippen LogP contribution in [-0.4, -0.2) is 13.3 Å². The van der Waals surface area contributed by atoms with Gasteiger partial charge in [-0.2, -0.15) is 8.75 Å². The number of rotatable bonds is 25. The van der Waals surface area contributed by atoms with Crippen LogP contribution in [0.2, 0.25) is 0 Å². The molecule has 0 N–H and O–H groups in total. The first-order valence-corrected chi connectivity index (χ1v) is 25.7. The molecule has 304 valence electrons. The van der Waals surface area contributed by atoms with E-state index in [0.29, 0.717) is 0 Å². The Balaban J connectivity index is 1.08. The summed E-state index contributed by atoms with van der Waals surface area (Å²) < 4.78 is 13.8. The third-order valence-corrected chi connectivity index (χ3v) is 15.9. The Labute approximate surface area is 359 Å². The molecule has 5 aromatic heterocycles. The molecule has 5 heterocycles. The Hall–Kier alpha value is -2.84. The minimum Gasteiger partial charge on any atom is -0.339 e. The second kappa shape index (κ2) is 21.4. The summed E-state index contributed by atoms with van der Waals surface area (Å²) in [6.07, 6.45) is 27.9. The van der Waals surface area contributed by atoms with E-state index in [0.717, 1.165) is 23.5 Å². The van der Waals surface area contributed by atoms with Crippen molar-refractivity contribution in [2.24, 2.45) is 5.92 Å². The van der Waals surface area contributed by atoms with Crippen LogP contribution in [0.5, 0.6) is 0 Å². The van der Waals surface area contributed by atoms with Crippen LogP contribution in [0.1, 0.15) is 152 Å². The minimum atomic E-state index is 0.727. The Bertz CT molecular complexity index is 2280. The number of benzene rings is 2. The SMILES string of the molecule is CCCCCCCCCCCCC(CCCCCCCCCC)Cn1c2cc(-c3ccc(-c4ccc(-c5ccc(C)s5)c5nsnc45)s3)ccc2c2sc(C)cc21. The molecular formula is C50H65N3S4. The van der Waals surface area contributed by atoms with Crippen LogP contribution < -0.4 is 0 Å². The van der Waals surface area contributed by atoms with Crippen molar-refractivity contribution in [3.8, 4) is 31.3 Å². The first kappa shape index (κ1) is 42.3. The van der Waals surface area contributed by atoms with Crippen molar-refractivity contribution in [3.63, 3.8) is 0 Å². The molecule has 1 atom stereocenters. The highest BCUT2D eigenvalue weighted by atomic mass is 32.1. The highest BCUT2D eigenvalue weighted by Gasteiger charge is 2.20. The first-order valence-electron chi connectivity index (χ1n) is 22.5. The van der Waals surface area contributed by atoms with Gasteiger partial charge in [-0.05, 0) is 74.6 Å². The van der Waals surface area contributed by atoms with Gasteiger partial charge in [-0.3, -0.25) is 0 Å². The Kier molecular flexibility index (Phi) is 15.9. The monoisotopic (exact) mass is 835 g/mol. The molecule has 0 amide bonds. The summed E-state index contributed by atoms with van der Waals surface area (Å²) >= 11 is 7.00. The lowest BCUT2D eigenvalue weighted by Crippen LogP contribution is -2.11. The molecule has 7 rings (SSSR count). The van der Waals surface area contributed by atoms with Crippen LogP contribution >= 0.6 is 45.7 Å². The normalized spacial score (nSPS) is 12.6. The molecule has 0 saturated carbocycles. The van der Waals surface area contributed by atoms with Gasteiger partial charge < -0.3 is 4.57 Å². The van der Waals surface area contributed by atoms with E-state index in [1.165, 1.54) is 202 Å². The quantitative estimate of drug-likeness (QED) is 0.0537. The summed E-state index contributed by atoms with van der Waals surface area (Å²) in [5.74, 6) is 0.727. The van der Waals surface area contributed by atoms with Gasteiger partial charge in [0.15, 0.2) is 0 Å². The summed E-state index contributed by atoms with van der Waals surface area (Å²) in [5, 5.41) is 1.42. The van der Waals surface area contributed by atoms with Crippen molar-refractivity contribution in [2.45, 2.75) is 163 Å². The molecule has 0 bridgehead atoms. The van der Waals surface area contributed by atoms with E-state index in [9.17, 15) is 0 Å². The van der Waals surface area contributed by atoms with Crippen molar-refractivity contribution >= 4 is 77.9 Å².